The molecule has 1 unspecified atom stereocenters. The van der Waals surface area contributed by atoms with Crippen LogP contribution >= 0.6 is 0 Å². The molecule has 2 heterocycles. The maximum atomic E-state index is 13.4. The molecule has 1 fully saturated rings. The summed E-state index contributed by atoms with van der Waals surface area (Å²) >= 11 is 0. The van der Waals surface area contributed by atoms with Gasteiger partial charge in [0, 0.05) is 19.5 Å². The molecule has 2 aliphatic rings. The van der Waals surface area contributed by atoms with Crippen LogP contribution in [-0.2, 0) is 23.9 Å². The molecule has 0 aromatic heterocycles. The van der Waals surface area contributed by atoms with Crippen molar-refractivity contribution in [1.82, 2.24) is 0 Å². The first-order valence-corrected chi connectivity index (χ1v) is 6.83. The van der Waals surface area contributed by atoms with Crippen LogP contribution in [-0.4, -0.2) is 23.6 Å². The highest BCUT2D eigenvalue weighted by atomic mass is 19.1. The van der Waals surface area contributed by atoms with Crippen LogP contribution in [0.25, 0.3) is 0 Å². The topological polar surface area (TPSA) is 81.7 Å². The lowest BCUT2D eigenvalue weighted by Gasteiger charge is -2.33. The molecule has 0 saturated carbocycles. The Morgan fingerprint density at radius 2 is 1.77 bits per heavy atom. The normalized spacial score (nSPS) is 23.6. The van der Waals surface area contributed by atoms with Gasteiger partial charge in [0.1, 0.15) is 5.82 Å². The minimum atomic E-state index is -1.31. The quantitative estimate of drug-likeness (QED) is 0.664. The van der Waals surface area contributed by atoms with Gasteiger partial charge in [-0.15, -0.1) is 0 Å². The molecule has 3 rings (SSSR count). The molecule has 1 atom stereocenters. The highest BCUT2D eigenvalue weighted by Crippen LogP contribution is 2.38. The van der Waals surface area contributed by atoms with Crippen LogP contribution in [0.1, 0.15) is 31.7 Å². The second-order valence-electron chi connectivity index (χ2n) is 5.80. The molecule has 0 radical (unpaired) electrons. The summed E-state index contributed by atoms with van der Waals surface area (Å²) in [5, 5.41) is 2.60. The van der Waals surface area contributed by atoms with Crippen molar-refractivity contribution >= 4 is 23.5 Å². The van der Waals surface area contributed by atoms with Gasteiger partial charge in [0.2, 0.25) is 5.91 Å². The predicted octanol–water partition coefficient (Wildman–Crippen LogP) is 1.70. The minimum absolute atomic E-state index is 0.115. The molecule has 1 N–H and O–H groups in total. The smallest absolute Gasteiger partial charge is 0.323 e. The zero-order valence-corrected chi connectivity index (χ0v) is 12.0. The first kappa shape index (κ1) is 14.5. The van der Waals surface area contributed by atoms with Crippen molar-refractivity contribution in [3.8, 4) is 0 Å². The van der Waals surface area contributed by atoms with Crippen LogP contribution in [0, 0.1) is 11.7 Å². The molecule has 0 spiro atoms. The number of cyclic esters (lactones) is 2. The molecule has 1 saturated heterocycles. The Bertz CT molecular complexity index is 665. The first-order valence-electron chi connectivity index (χ1n) is 6.83. The van der Waals surface area contributed by atoms with Gasteiger partial charge in [-0.2, -0.15) is 0 Å². The second kappa shape index (κ2) is 4.79. The van der Waals surface area contributed by atoms with E-state index in [9.17, 15) is 18.8 Å². The third-order valence-electron chi connectivity index (χ3n) is 3.70. The Morgan fingerprint density at radius 3 is 2.41 bits per heavy atom. The Morgan fingerprint density at radius 1 is 1.14 bits per heavy atom. The molecule has 22 heavy (non-hydrogen) atoms. The van der Waals surface area contributed by atoms with E-state index in [4.69, 9.17) is 9.47 Å². The number of carbonyl (C=O) groups excluding carboxylic acids is 3. The number of halogens is 1. The van der Waals surface area contributed by atoms with Crippen molar-refractivity contribution in [2.24, 2.45) is 5.92 Å². The number of esters is 2. The molecule has 2 aliphatic heterocycles. The van der Waals surface area contributed by atoms with Gasteiger partial charge in [-0.1, -0.05) is 0 Å². The SMILES string of the molecule is CC1(C)OC(=O)C(CC2C(=O)Nc3ccc(F)cc32)C(=O)O1. The number of hydrogen-bond donors (Lipinski definition) is 1. The van der Waals surface area contributed by atoms with E-state index in [0.29, 0.717) is 11.3 Å². The molecule has 0 bridgehead atoms. The number of benzene rings is 1. The molecule has 0 aliphatic carbocycles. The summed E-state index contributed by atoms with van der Waals surface area (Å²) in [6.07, 6.45) is -0.115. The summed E-state index contributed by atoms with van der Waals surface area (Å²) < 4.78 is 23.4. The van der Waals surface area contributed by atoms with Gasteiger partial charge in [-0.25, -0.2) is 4.39 Å². The van der Waals surface area contributed by atoms with Gasteiger partial charge in [-0.3, -0.25) is 14.4 Å². The number of rotatable bonds is 2. The molecular weight excluding hydrogens is 293 g/mol. The summed E-state index contributed by atoms with van der Waals surface area (Å²) in [6, 6.07) is 3.90. The van der Waals surface area contributed by atoms with Gasteiger partial charge in [0.15, 0.2) is 5.92 Å². The lowest BCUT2D eigenvalue weighted by atomic mass is 9.89. The van der Waals surface area contributed by atoms with Crippen molar-refractivity contribution < 1.29 is 28.2 Å². The predicted molar refractivity (Wildman–Crippen MR) is 72.1 cm³/mol. The lowest BCUT2D eigenvalue weighted by Crippen LogP contribution is -2.46. The van der Waals surface area contributed by atoms with Crippen LogP contribution in [0.4, 0.5) is 10.1 Å². The van der Waals surface area contributed by atoms with E-state index in [-0.39, 0.29) is 12.3 Å². The maximum absolute atomic E-state index is 13.4. The number of nitrogens with one attached hydrogen (secondary N) is 1. The minimum Gasteiger partial charge on any atom is -0.422 e. The van der Waals surface area contributed by atoms with Gasteiger partial charge in [0.25, 0.3) is 5.79 Å². The van der Waals surface area contributed by atoms with Gasteiger partial charge >= 0.3 is 11.9 Å². The second-order valence-corrected chi connectivity index (χ2v) is 5.80. The van der Waals surface area contributed by atoms with E-state index < -0.39 is 35.4 Å². The summed E-state index contributed by atoms with van der Waals surface area (Å²) in [5.74, 6) is -5.65. The van der Waals surface area contributed by atoms with Crippen LogP contribution in [0.5, 0.6) is 0 Å². The number of anilines is 1. The van der Waals surface area contributed by atoms with E-state index in [1.165, 1.54) is 32.0 Å². The Kier molecular flexibility index (Phi) is 3.16. The van der Waals surface area contributed by atoms with Crippen LogP contribution < -0.4 is 5.32 Å². The Balaban J connectivity index is 1.85. The van der Waals surface area contributed by atoms with Crippen molar-refractivity contribution in [3.05, 3.63) is 29.6 Å². The molecule has 7 heteroatoms. The van der Waals surface area contributed by atoms with Crippen LogP contribution in [0.2, 0.25) is 0 Å². The molecule has 1 aromatic carbocycles. The largest absolute Gasteiger partial charge is 0.422 e. The Hall–Kier alpha value is -2.44. The van der Waals surface area contributed by atoms with Crippen molar-refractivity contribution in [2.45, 2.75) is 32.0 Å². The van der Waals surface area contributed by atoms with E-state index in [1.807, 2.05) is 0 Å². The van der Waals surface area contributed by atoms with Crippen molar-refractivity contribution in [3.63, 3.8) is 0 Å². The number of carbonyl (C=O) groups is 3. The third kappa shape index (κ3) is 2.43. The fourth-order valence-corrected chi connectivity index (χ4v) is 2.70. The number of amides is 1. The lowest BCUT2D eigenvalue weighted by molar-refractivity contribution is -0.240. The summed E-state index contributed by atoms with van der Waals surface area (Å²) in [6.45, 7) is 2.90. The van der Waals surface area contributed by atoms with Crippen molar-refractivity contribution in [1.29, 1.82) is 0 Å². The average Bonchev–Trinajstić information content (AvgIpc) is 2.68. The standard InChI is InChI=1S/C15H14FNO5/c1-15(2)21-13(19)10(14(20)22-15)6-9-8-5-7(16)3-4-11(8)17-12(9)18/h3-5,9-10H,6H2,1-2H3,(H,17,18). The zero-order chi connectivity index (χ0) is 16.1. The van der Waals surface area contributed by atoms with E-state index in [1.54, 1.807) is 0 Å². The van der Waals surface area contributed by atoms with E-state index in [0.717, 1.165) is 0 Å². The monoisotopic (exact) mass is 307 g/mol. The number of fused-ring (bicyclic) bond motifs is 1. The fourth-order valence-electron chi connectivity index (χ4n) is 2.70. The highest BCUT2D eigenvalue weighted by molar-refractivity contribution is 6.04. The molecule has 6 nitrogen and oxygen atoms in total. The fraction of sp³-hybridized carbons (Fsp3) is 0.400. The number of hydrogen-bond acceptors (Lipinski definition) is 5. The number of ether oxygens (including phenoxy) is 2. The van der Waals surface area contributed by atoms with Gasteiger partial charge in [-0.05, 0) is 30.2 Å². The van der Waals surface area contributed by atoms with E-state index in [2.05, 4.69) is 5.32 Å². The molecule has 1 aromatic rings. The molecule has 116 valence electrons. The van der Waals surface area contributed by atoms with Crippen LogP contribution in [0.3, 0.4) is 0 Å². The third-order valence-corrected chi connectivity index (χ3v) is 3.70. The molecular formula is C15H14FNO5. The summed E-state index contributed by atoms with van der Waals surface area (Å²) in [4.78, 5) is 35.9. The zero-order valence-electron chi connectivity index (χ0n) is 12.0. The van der Waals surface area contributed by atoms with E-state index >= 15 is 0 Å². The van der Waals surface area contributed by atoms with Gasteiger partial charge in [0.05, 0.1) is 5.92 Å². The van der Waals surface area contributed by atoms with Crippen molar-refractivity contribution in [2.75, 3.05) is 5.32 Å². The first-order chi connectivity index (χ1) is 10.3. The average molecular weight is 307 g/mol. The highest BCUT2D eigenvalue weighted by Gasteiger charge is 2.46. The Labute approximate surface area is 125 Å². The molecule has 1 amide bonds. The van der Waals surface area contributed by atoms with Gasteiger partial charge < -0.3 is 14.8 Å². The summed E-state index contributed by atoms with van der Waals surface area (Å²) in [5.41, 5.74) is 0.907. The maximum Gasteiger partial charge on any atom is 0.323 e. The summed E-state index contributed by atoms with van der Waals surface area (Å²) in [7, 11) is 0. The van der Waals surface area contributed by atoms with Crippen LogP contribution in [0.15, 0.2) is 18.2 Å².